The molecule has 2 heterocycles. The van der Waals surface area contributed by atoms with Crippen molar-refractivity contribution >= 4 is 38.3 Å². The largest absolute Gasteiger partial charge is 0.389 e. The van der Waals surface area contributed by atoms with Gasteiger partial charge in [0.2, 0.25) is 11.0 Å². The molecular weight excluding hydrogens is 308 g/mol. The number of aliphatic hydroxyl groups excluding tert-OH is 1. The third kappa shape index (κ3) is 3.14. The summed E-state index contributed by atoms with van der Waals surface area (Å²) in [5.74, 6) is -0.110. The Labute approximate surface area is 111 Å². The topological polar surface area (TPSA) is 78.4 Å². The van der Waals surface area contributed by atoms with Crippen LogP contribution >= 0.6 is 27.3 Å². The molecule has 8 heteroatoms. The lowest BCUT2D eigenvalue weighted by molar-refractivity contribution is -0.120. The smallest absolute Gasteiger partial charge is 0.217 e. The Morgan fingerprint density at radius 3 is 2.94 bits per heavy atom. The molecule has 2 rings (SSSR count). The SMILES string of the molecule is CC(=O)N[C@@H]1CCN(c2nnc(Br)s2)C[C@H]1O. The number of amides is 1. The van der Waals surface area contributed by atoms with E-state index in [0.717, 1.165) is 15.6 Å². The van der Waals surface area contributed by atoms with Gasteiger partial charge in [0.15, 0.2) is 3.92 Å². The van der Waals surface area contributed by atoms with Crippen LogP contribution < -0.4 is 10.2 Å². The van der Waals surface area contributed by atoms with Crippen LogP contribution in [0.1, 0.15) is 13.3 Å². The number of carbonyl (C=O) groups excluding carboxylic acids is 1. The van der Waals surface area contributed by atoms with Crippen molar-refractivity contribution in [3.63, 3.8) is 0 Å². The van der Waals surface area contributed by atoms with Gasteiger partial charge in [-0.05, 0) is 22.4 Å². The Hall–Kier alpha value is -0.730. The summed E-state index contributed by atoms with van der Waals surface area (Å²) in [5, 5.41) is 21.4. The maximum Gasteiger partial charge on any atom is 0.217 e. The fourth-order valence-corrected chi connectivity index (χ4v) is 2.98. The number of piperidine rings is 1. The molecule has 1 fully saturated rings. The molecule has 1 amide bonds. The van der Waals surface area contributed by atoms with Gasteiger partial charge >= 0.3 is 0 Å². The molecule has 0 radical (unpaired) electrons. The summed E-state index contributed by atoms with van der Waals surface area (Å²) in [6.45, 7) is 2.68. The zero-order valence-electron chi connectivity index (χ0n) is 9.26. The summed E-state index contributed by atoms with van der Waals surface area (Å²) in [6.07, 6.45) is 0.133. The molecule has 1 aromatic heterocycles. The summed E-state index contributed by atoms with van der Waals surface area (Å²) in [6, 6.07) is -0.167. The Bertz CT molecular complexity index is 413. The van der Waals surface area contributed by atoms with Gasteiger partial charge in [-0.1, -0.05) is 11.3 Å². The highest BCUT2D eigenvalue weighted by atomic mass is 79.9. The molecule has 0 bridgehead atoms. The van der Waals surface area contributed by atoms with Gasteiger partial charge in [0.1, 0.15) is 0 Å². The molecule has 0 spiro atoms. The second-order valence-corrected chi connectivity index (χ2v) is 6.18. The predicted octanol–water partition coefficient (Wildman–Crippen LogP) is 0.376. The molecule has 94 valence electrons. The summed E-state index contributed by atoms with van der Waals surface area (Å²) in [4.78, 5) is 12.9. The normalized spacial score (nSPS) is 24.8. The van der Waals surface area contributed by atoms with Crippen molar-refractivity contribution in [2.75, 3.05) is 18.0 Å². The number of anilines is 1. The highest BCUT2D eigenvalue weighted by Gasteiger charge is 2.29. The summed E-state index contributed by atoms with van der Waals surface area (Å²) < 4.78 is 0.728. The van der Waals surface area contributed by atoms with E-state index >= 15 is 0 Å². The maximum absolute atomic E-state index is 11.0. The van der Waals surface area contributed by atoms with Crippen molar-refractivity contribution < 1.29 is 9.90 Å². The fraction of sp³-hybridized carbons (Fsp3) is 0.667. The van der Waals surface area contributed by atoms with Crippen LogP contribution in [0.25, 0.3) is 0 Å². The van der Waals surface area contributed by atoms with Gasteiger partial charge in [-0.3, -0.25) is 4.79 Å². The standard InChI is InChI=1S/C9H13BrN4O2S/c1-5(15)11-6-2-3-14(4-7(6)16)9-13-12-8(10)17-9/h6-7,16H,2-4H2,1H3,(H,11,15)/t6-,7-/m1/s1. The molecule has 0 aliphatic carbocycles. The van der Waals surface area contributed by atoms with Crippen molar-refractivity contribution in [1.82, 2.24) is 15.5 Å². The van der Waals surface area contributed by atoms with Crippen molar-refractivity contribution in [2.24, 2.45) is 0 Å². The molecule has 6 nitrogen and oxygen atoms in total. The zero-order valence-corrected chi connectivity index (χ0v) is 11.7. The Morgan fingerprint density at radius 2 is 2.41 bits per heavy atom. The van der Waals surface area contributed by atoms with Crippen LogP contribution in [-0.4, -0.2) is 46.4 Å². The number of aromatic nitrogens is 2. The Balaban J connectivity index is 1.97. The number of hydrogen-bond acceptors (Lipinski definition) is 6. The molecule has 2 N–H and O–H groups in total. The first-order chi connectivity index (χ1) is 8.06. The quantitative estimate of drug-likeness (QED) is 0.823. The van der Waals surface area contributed by atoms with Crippen LogP contribution in [-0.2, 0) is 4.79 Å². The second-order valence-electron chi connectivity index (χ2n) is 3.95. The zero-order chi connectivity index (χ0) is 12.4. The van der Waals surface area contributed by atoms with Crippen LogP contribution in [0.5, 0.6) is 0 Å². The predicted molar refractivity (Wildman–Crippen MR) is 68.1 cm³/mol. The number of hydrogen-bond donors (Lipinski definition) is 2. The number of β-amino-alcohol motifs (C(OH)–C–C–N with tert-alkyl or cyclic N) is 1. The van der Waals surface area contributed by atoms with Crippen LogP contribution in [0.15, 0.2) is 3.92 Å². The number of carbonyl (C=O) groups is 1. The molecule has 1 aliphatic heterocycles. The van der Waals surface area contributed by atoms with Crippen molar-refractivity contribution in [1.29, 1.82) is 0 Å². The van der Waals surface area contributed by atoms with Gasteiger partial charge in [-0.15, -0.1) is 10.2 Å². The van der Waals surface area contributed by atoms with E-state index in [2.05, 4.69) is 31.4 Å². The van der Waals surface area contributed by atoms with Gasteiger partial charge in [-0.25, -0.2) is 0 Å². The fourth-order valence-electron chi connectivity index (χ4n) is 1.86. The van der Waals surface area contributed by atoms with Gasteiger partial charge in [0, 0.05) is 20.0 Å². The van der Waals surface area contributed by atoms with E-state index in [1.54, 1.807) is 0 Å². The van der Waals surface area contributed by atoms with E-state index in [9.17, 15) is 9.90 Å². The lowest BCUT2D eigenvalue weighted by Gasteiger charge is -2.35. The second kappa shape index (κ2) is 5.28. The van der Waals surface area contributed by atoms with Crippen LogP contribution in [0, 0.1) is 0 Å². The first-order valence-electron chi connectivity index (χ1n) is 5.25. The lowest BCUT2D eigenvalue weighted by Crippen LogP contribution is -2.53. The van der Waals surface area contributed by atoms with Crippen LogP contribution in [0.4, 0.5) is 5.13 Å². The summed E-state index contributed by atoms with van der Waals surface area (Å²) >= 11 is 4.69. The van der Waals surface area contributed by atoms with Crippen molar-refractivity contribution in [3.8, 4) is 0 Å². The third-order valence-electron chi connectivity index (χ3n) is 2.63. The number of nitrogens with one attached hydrogen (secondary N) is 1. The molecule has 1 saturated heterocycles. The van der Waals surface area contributed by atoms with E-state index in [0.29, 0.717) is 13.0 Å². The molecule has 0 saturated carbocycles. The van der Waals surface area contributed by atoms with E-state index in [4.69, 9.17) is 0 Å². The average Bonchev–Trinajstić information content (AvgIpc) is 2.67. The third-order valence-corrected chi connectivity index (χ3v) is 4.05. The molecule has 0 unspecified atom stereocenters. The molecular formula is C9H13BrN4O2S. The van der Waals surface area contributed by atoms with Crippen LogP contribution in [0.2, 0.25) is 0 Å². The number of nitrogens with zero attached hydrogens (tertiary/aromatic N) is 3. The number of halogens is 1. The molecule has 2 atom stereocenters. The first-order valence-corrected chi connectivity index (χ1v) is 6.86. The van der Waals surface area contributed by atoms with E-state index in [1.165, 1.54) is 18.3 Å². The number of aliphatic hydroxyl groups is 1. The van der Waals surface area contributed by atoms with Gasteiger partial charge < -0.3 is 15.3 Å². The minimum Gasteiger partial charge on any atom is -0.389 e. The first kappa shape index (κ1) is 12.7. The van der Waals surface area contributed by atoms with Gasteiger partial charge in [0.05, 0.1) is 12.1 Å². The average molecular weight is 321 g/mol. The Kier molecular flexibility index (Phi) is 3.95. The van der Waals surface area contributed by atoms with Crippen LogP contribution in [0.3, 0.4) is 0 Å². The maximum atomic E-state index is 11.0. The monoisotopic (exact) mass is 320 g/mol. The molecule has 1 aromatic rings. The minimum absolute atomic E-state index is 0.110. The molecule has 0 aromatic carbocycles. The van der Waals surface area contributed by atoms with E-state index < -0.39 is 6.10 Å². The minimum atomic E-state index is -0.574. The van der Waals surface area contributed by atoms with Gasteiger partial charge in [-0.2, -0.15) is 0 Å². The lowest BCUT2D eigenvalue weighted by atomic mass is 10.0. The molecule has 17 heavy (non-hydrogen) atoms. The molecule has 1 aliphatic rings. The highest BCUT2D eigenvalue weighted by molar-refractivity contribution is 9.11. The number of rotatable bonds is 2. The summed E-state index contributed by atoms with van der Waals surface area (Å²) in [7, 11) is 0. The van der Waals surface area contributed by atoms with Gasteiger partial charge in [0.25, 0.3) is 0 Å². The van der Waals surface area contributed by atoms with Crippen molar-refractivity contribution in [3.05, 3.63) is 3.92 Å². The van der Waals surface area contributed by atoms with E-state index in [1.807, 2.05) is 4.90 Å². The Morgan fingerprint density at radius 1 is 1.65 bits per heavy atom. The van der Waals surface area contributed by atoms with E-state index in [-0.39, 0.29) is 11.9 Å². The highest BCUT2D eigenvalue weighted by Crippen LogP contribution is 2.26. The van der Waals surface area contributed by atoms with Crippen molar-refractivity contribution in [2.45, 2.75) is 25.5 Å². The summed E-state index contributed by atoms with van der Waals surface area (Å²) in [5.41, 5.74) is 0.